The molecule has 1 fully saturated rings. The van der Waals surface area contributed by atoms with Gasteiger partial charge in [0, 0.05) is 12.6 Å². The van der Waals surface area contributed by atoms with Crippen molar-refractivity contribution in [3.8, 4) is 5.75 Å². The van der Waals surface area contributed by atoms with Gasteiger partial charge >= 0.3 is 0 Å². The zero-order chi connectivity index (χ0) is 12.1. The minimum atomic E-state index is -0.558. The predicted molar refractivity (Wildman–Crippen MR) is 67.0 cm³/mol. The molecule has 94 valence electrons. The molecule has 1 aromatic carbocycles. The van der Waals surface area contributed by atoms with Crippen molar-refractivity contribution in [1.82, 2.24) is 10.6 Å². The molecule has 1 saturated heterocycles. The third-order valence-electron chi connectivity index (χ3n) is 3.19. The lowest BCUT2D eigenvalue weighted by Crippen LogP contribution is -2.41. The first kappa shape index (κ1) is 12.4. The Labute approximate surface area is 102 Å². The van der Waals surface area contributed by atoms with Gasteiger partial charge < -0.3 is 20.8 Å². The summed E-state index contributed by atoms with van der Waals surface area (Å²) >= 11 is 0. The van der Waals surface area contributed by atoms with E-state index in [-0.39, 0.29) is 5.75 Å². The van der Waals surface area contributed by atoms with Crippen LogP contribution in [0, 0.1) is 0 Å². The molecule has 1 aliphatic heterocycles. The second-order valence-electron chi connectivity index (χ2n) is 4.54. The average molecular weight is 236 g/mol. The number of phenolic OH excluding ortho intramolecular Hbond substituents is 1. The van der Waals surface area contributed by atoms with Gasteiger partial charge in [-0.1, -0.05) is 12.1 Å². The van der Waals surface area contributed by atoms with Crippen molar-refractivity contribution in [3.63, 3.8) is 0 Å². The largest absolute Gasteiger partial charge is 0.508 e. The lowest BCUT2D eigenvalue weighted by molar-refractivity contribution is 0.166. The van der Waals surface area contributed by atoms with Gasteiger partial charge in [0.1, 0.15) is 5.75 Å². The minimum absolute atomic E-state index is 0.198. The number of piperidine rings is 1. The monoisotopic (exact) mass is 236 g/mol. The van der Waals surface area contributed by atoms with Crippen LogP contribution in [0.4, 0.5) is 0 Å². The molecule has 17 heavy (non-hydrogen) atoms. The van der Waals surface area contributed by atoms with Crippen molar-refractivity contribution in [2.75, 3.05) is 19.6 Å². The Morgan fingerprint density at radius 1 is 1.35 bits per heavy atom. The van der Waals surface area contributed by atoms with Crippen LogP contribution in [-0.2, 0) is 0 Å². The smallest absolute Gasteiger partial charge is 0.115 e. The van der Waals surface area contributed by atoms with Gasteiger partial charge in [0.25, 0.3) is 0 Å². The molecule has 0 aliphatic carbocycles. The van der Waals surface area contributed by atoms with E-state index in [2.05, 4.69) is 10.6 Å². The SMILES string of the molecule is Oc1cccc(C(O)CNC2CCNCC2)c1. The van der Waals surface area contributed by atoms with E-state index in [1.807, 2.05) is 6.07 Å². The van der Waals surface area contributed by atoms with Crippen LogP contribution in [-0.4, -0.2) is 35.9 Å². The van der Waals surface area contributed by atoms with E-state index < -0.39 is 6.10 Å². The normalized spacial score (nSPS) is 19.1. The van der Waals surface area contributed by atoms with Gasteiger partial charge in [0.05, 0.1) is 6.10 Å². The predicted octanol–water partition coefficient (Wildman–Crippen LogP) is 0.767. The molecule has 0 bridgehead atoms. The van der Waals surface area contributed by atoms with Gasteiger partial charge in [0.15, 0.2) is 0 Å². The van der Waals surface area contributed by atoms with Crippen molar-refractivity contribution in [2.24, 2.45) is 0 Å². The number of aromatic hydroxyl groups is 1. The average Bonchev–Trinajstić information content (AvgIpc) is 2.37. The summed E-state index contributed by atoms with van der Waals surface area (Å²) in [6, 6.07) is 7.28. The Balaban J connectivity index is 1.82. The summed E-state index contributed by atoms with van der Waals surface area (Å²) in [5, 5.41) is 26.0. The molecule has 1 unspecified atom stereocenters. The van der Waals surface area contributed by atoms with Crippen LogP contribution in [0.2, 0.25) is 0 Å². The maximum atomic E-state index is 9.99. The molecule has 1 aromatic rings. The zero-order valence-electron chi connectivity index (χ0n) is 9.89. The number of nitrogens with one attached hydrogen (secondary N) is 2. The van der Waals surface area contributed by atoms with Crippen LogP contribution >= 0.6 is 0 Å². The van der Waals surface area contributed by atoms with Gasteiger partial charge in [-0.25, -0.2) is 0 Å². The summed E-state index contributed by atoms with van der Waals surface area (Å²) < 4.78 is 0. The van der Waals surface area contributed by atoms with E-state index in [9.17, 15) is 10.2 Å². The summed E-state index contributed by atoms with van der Waals surface area (Å²) in [5.41, 5.74) is 0.756. The number of aliphatic hydroxyl groups is 1. The number of hydrogen-bond donors (Lipinski definition) is 4. The fourth-order valence-electron chi connectivity index (χ4n) is 2.15. The van der Waals surface area contributed by atoms with E-state index in [0.29, 0.717) is 12.6 Å². The van der Waals surface area contributed by atoms with Gasteiger partial charge in [-0.05, 0) is 43.6 Å². The first-order valence-corrected chi connectivity index (χ1v) is 6.17. The Hall–Kier alpha value is -1.10. The topological polar surface area (TPSA) is 64.5 Å². The van der Waals surface area contributed by atoms with Gasteiger partial charge in [-0.2, -0.15) is 0 Å². The summed E-state index contributed by atoms with van der Waals surface area (Å²) in [7, 11) is 0. The zero-order valence-corrected chi connectivity index (χ0v) is 9.89. The summed E-state index contributed by atoms with van der Waals surface area (Å²) in [6.45, 7) is 2.62. The minimum Gasteiger partial charge on any atom is -0.508 e. The van der Waals surface area contributed by atoms with Crippen LogP contribution in [0.25, 0.3) is 0 Å². The summed E-state index contributed by atoms with van der Waals surface area (Å²) in [6.07, 6.45) is 1.65. The number of rotatable bonds is 4. The van der Waals surface area contributed by atoms with E-state index in [0.717, 1.165) is 31.5 Å². The highest BCUT2D eigenvalue weighted by atomic mass is 16.3. The molecule has 2 rings (SSSR count). The number of aliphatic hydroxyl groups excluding tert-OH is 1. The molecular formula is C13H20N2O2. The first-order valence-electron chi connectivity index (χ1n) is 6.17. The Morgan fingerprint density at radius 2 is 2.12 bits per heavy atom. The van der Waals surface area contributed by atoms with Crippen molar-refractivity contribution in [1.29, 1.82) is 0 Å². The Bertz CT molecular complexity index is 351. The van der Waals surface area contributed by atoms with Crippen LogP contribution in [0.3, 0.4) is 0 Å². The highest BCUT2D eigenvalue weighted by Crippen LogP contribution is 2.17. The standard InChI is InChI=1S/C13H20N2O2/c16-12-3-1-2-10(8-12)13(17)9-15-11-4-6-14-7-5-11/h1-3,8,11,13-17H,4-7,9H2. The lowest BCUT2D eigenvalue weighted by Gasteiger charge is -2.25. The van der Waals surface area contributed by atoms with E-state index in [4.69, 9.17) is 0 Å². The van der Waals surface area contributed by atoms with Gasteiger partial charge in [-0.15, -0.1) is 0 Å². The van der Waals surface area contributed by atoms with Crippen LogP contribution in [0.1, 0.15) is 24.5 Å². The van der Waals surface area contributed by atoms with E-state index in [1.54, 1.807) is 18.2 Å². The number of benzene rings is 1. The van der Waals surface area contributed by atoms with Crippen molar-refractivity contribution < 1.29 is 10.2 Å². The first-order chi connectivity index (χ1) is 8.25. The van der Waals surface area contributed by atoms with Crippen molar-refractivity contribution >= 4 is 0 Å². The molecule has 1 atom stereocenters. The highest BCUT2D eigenvalue weighted by molar-refractivity contribution is 5.28. The second kappa shape index (κ2) is 6.00. The molecule has 4 heteroatoms. The lowest BCUT2D eigenvalue weighted by atomic mass is 10.1. The maximum absolute atomic E-state index is 9.99. The quantitative estimate of drug-likeness (QED) is 0.623. The van der Waals surface area contributed by atoms with Crippen LogP contribution in [0.15, 0.2) is 24.3 Å². The fourth-order valence-corrected chi connectivity index (χ4v) is 2.15. The molecule has 4 N–H and O–H groups in total. The van der Waals surface area contributed by atoms with Crippen LogP contribution < -0.4 is 10.6 Å². The van der Waals surface area contributed by atoms with Crippen molar-refractivity contribution in [3.05, 3.63) is 29.8 Å². The molecule has 1 aliphatic rings. The third-order valence-corrected chi connectivity index (χ3v) is 3.19. The van der Waals surface area contributed by atoms with Gasteiger partial charge in [0.2, 0.25) is 0 Å². The van der Waals surface area contributed by atoms with Gasteiger partial charge in [-0.3, -0.25) is 0 Å². The molecule has 0 aromatic heterocycles. The number of phenols is 1. The second-order valence-corrected chi connectivity index (χ2v) is 4.54. The highest BCUT2D eigenvalue weighted by Gasteiger charge is 2.14. The molecule has 0 amide bonds. The van der Waals surface area contributed by atoms with Crippen molar-refractivity contribution in [2.45, 2.75) is 25.0 Å². The Morgan fingerprint density at radius 3 is 2.82 bits per heavy atom. The van der Waals surface area contributed by atoms with E-state index in [1.165, 1.54) is 0 Å². The molecule has 0 saturated carbocycles. The molecule has 0 spiro atoms. The molecule has 1 heterocycles. The number of hydrogen-bond acceptors (Lipinski definition) is 4. The Kier molecular flexibility index (Phi) is 4.36. The van der Waals surface area contributed by atoms with Crippen LogP contribution in [0.5, 0.6) is 5.75 Å². The fraction of sp³-hybridized carbons (Fsp3) is 0.538. The molecule has 4 nitrogen and oxygen atoms in total. The third kappa shape index (κ3) is 3.70. The summed E-state index contributed by atoms with van der Waals surface area (Å²) in [4.78, 5) is 0. The summed E-state index contributed by atoms with van der Waals surface area (Å²) in [5.74, 6) is 0.198. The van der Waals surface area contributed by atoms with E-state index >= 15 is 0 Å². The maximum Gasteiger partial charge on any atom is 0.115 e. The molecular weight excluding hydrogens is 216 g/mol. The molecule has 0 radical (unpaired) electrons.